The van der Waals surface area contributed by atoms with Crippen molar-refractivity contribution in [2.24, 2.45) is 5.92 Å². The molecule has 0 unspecified atom stereocenters. The number of ether oxygens (including phenoxy) is 1. The highest BCUT2D eigenvalue weighted by molar-refractivity contribution is 6.58. The molecule has 2 aromatic carbocycles. The van der Waals surface area contributed by atoms with Crippen molar-refractivity contribution in [3.05, 3.63) is 65.9 Å². The van der Waals surface area contributed by atoms with Crippen LogP contribution in [0.2, 0.25) is 18.1 Å². The number of halogens is 4. The summed E-state index contributed by atoms with van der Waals surface area (Å²) in [6.07, 6.45) is 4.17. The lowest BCUT2D eigenvalue weighted by molar-refractivity contribution is 0.344. The first-order valence-corrected chi connectivity index (χ1v) is 13.2. The Hall–Kier alpha value is -2.08. The maximum atomic E-state index is 14.1. The molecule has 162 valence electrons. The molecule has 1 aliphatic rings. The minimum absolute atomic E-state index is 0.0222. The molecule has 1 heterocycles. The molecule has 6 heteroatoms. The van der Waals surface area contributed by atoms with Gasteiger partial charge < -0.3 is 4.74 Å². The molecule has 0 spiro atoms. The molecule has 1 saturated heterocycles. The van der Waals surface area contributed by atoms with Crippen LogP contribution in [0.3, 0.4) is 0 Å². The molecule has 1 aliphatic heterocycles. The fraction of sp³-hybridized carbons (Fsp3) is 0.417. The first-order valence-electron chi connectivity index (χ1n) is 10.7. The number of aryl methyl sites for hydroxylation is 1. The zero-order valence-corrected chi connectivity index (χ0v) is 18.4. The monoisotopic (exact) mass is 436 g/mol. The van der Waals surface area contributed by atoms with Crippen molar-refractivity contribution in [2.45, 2.75) is 57.2 Å². The van der Waals surface area contributed by atoms with Crippen LogP contribution in [0.1, 0.15) is 38.2 Å². The molecule has 1 fully saturated rings. The first-order chi connectivity index (χ1) is 14.5. The highest BCUT2D eigenvalue weighted by Crippen LogP contribution is 2.32. The molecule has 0 amide bonds. The van der Waals surface area contributed by atoms with Crippen LogP contribution < -0.4 is 4.74 Å². The van der Waals surface area contributed by atoms with Crippen molar-refractivity contribution >= 4 is 8.80 Å². The van der Waals surface area contributed by atoms with E-state index in [-0.39, 0.29) is 6.26 Å². The maximum absolute atomic E-state index is 14.1. The molecule has 30 heavy (non-hydrogen) atoms. The quantitative estimate of drug-likeness (QED) is 0.234. The highest BCUT2D eigenvalue weighted by Gasteiger charge is 2.21. The van der Waals surface area contributed by atoms with Crippen molar-refractivity contribution in [2.75, 3.05) is 0 Å². The molecule has 0 aromatic heterocycles. The lowest BCUT2D eigenvalue weighted by Crippen LogP contribution is -2.21. The zero-order valence-electron chi connectivity index (χ0n) is 17.3. The zero-order chi connectivity index (χ0) is 21.5. The Bertz CT molecular complexity index is 831. The Labute approximate surface area is 177 Å². The van der Waals surface area contributed by atoms with Gasteiger partial charge in [-0.15, -0.1) is 0 Å². The fourth-order valence-electron chi connectivity index (χ4n) is 4.39. The molecule has 0 N–H and O–H groups in total. The van der Waals surface area contributed by atoms with E-state index in [2.05, 4.69) is 11.7 Å². The molecule has 2 aromatic rings. The van der Waals surface area contributed by atoms with E-state index in [0.29, 0.717) is 11.1 Å². The van der Waals surface area contributed by atoms with E-state index in [4.69, 9.17) is 0 Å². The van der Waals surface area contributed by atoms with Crippen LogP contribution in [0, 0.1) is 17.6 Å². The van der Waals surface area contributed by atoms with Gasteiger partial charge >= 0.3 is 6.08 Å². The van der Waals surface area contributed by atoms with Crippen molar-refractivity contribution in [3.63, 3.8) is 0 Å². The Kier molecular flexibility index (Phi) is 8.13. The van der Waals surface area contributed by atoms with E-state index in [0.717, 1.165) is 24.5 Å². The summed E-state index contributed by atoms with van der Waals surface area (Å²) in [4.78, 5) is 0. The third kappa shape index (κ3) is 6.21. The third-order valence-electron chi connectivity index (χ3n) is 6.06. The molecule has 3 rings (SSSR count). The predicted octanol–water partition coefficient (Wildman–Crippen LogP) is 7.73. The molecular formula is C24H28F4OSi. The van der Waals surface area contributed by atoms with E-state index in [1.165, 1.54) is 49.4 Å². The van der Waals surface area contributed by atoms with E-state index < -0.39 is 32.3 Å². The van der Waals surface area contributed by atoms with Crippen molar-refractivity contribution in [1.82, 2.24) is 0 Å². The van der Waals surface area contributed by atoms with Gasteiger partial charge in [-0.1, -0.05) is 68.6 Å². The Morgan fingerprint density at radius 3 is 2.23 bits per heavy atom. The van der Waals surface area contributed by atoms with Crippen molar-refractivity contribution in [1.29, 1.82) is 0 Å². The Morgan fingerprint density at radius 1 is 1.03 bits per heavy atom. The van der Waals surface area contributed by atoms with E-state index in [9.17, 15) is 17.6 Å². The summed E-state index contributed by atoms with van der Waals surface area (Å²) in [5.74, 6) is -2.05. The number of hydrogen-bond acceptors (Lipinski definition) is 1. The molecule has 0 bridgehead atoms. The second kappa shape index (κ2) is 10.8. The molecular weight excluding hydrogens is 408 g/mol. The van der Waals surface area contributed by atoms with E-state index in [1.807, 2.05) is 24.3 Å². The van der Waals surface area contributed by atoms with Gasteiger partial charge in [-0.3, -0.25) is 0 Å². The lowest BCUT2D eigenvalue weighted by atomic mass is 9.93. The van der Waals surface area contributed by atoms with Gasteiger partial charge in [-0.25, -0.2) is 8.78 Å². The van der Waals surface area contributed by atoms with E-state index in [1.54, 1.807) is 0 Å². The van der Waals surface area contributed by atoms with Crippen LogP contribution in [-0.4, -0.2) is 8.80 Å². The standard InChI is InChI=1S/C24H28F4OSi/c1-2-11-30-12-9-18(10-13-30)4-3-17-5-7-19(8-6-17)20-14-21(25)24(22(26)15-20)29-16-23(27)28/h5-8,14-16,18,30H,2-4,9-13H2,1H3/t18-,30-. The Morgan fingerprint density at radius 2 is 1.67 bits per heavy atom. The van der Waals surface area contributed by atoms with Crippen molar-refractivity contribution in [3.8, 4) is 16.9 Å². The minimum Gasteiger partial charge on any atom is -0.453 e. The number of hydrogen-bond donors (Lipinski definition) is 0. The highest BCUT2D eigenvalue weighted by atomic mass is 28.3. The van der Waals surface area contributed by atoms with Gasteiger partial charge in [-0.05, 0) is 47.6 Å². The van der Waals surface area contributed by atoms with Gasteiger partial charge in [0, 0.05) is 8.80 Å². The lowest BCUT2D eigenvalue weighted by Gasteiger charge is -2.27. The predicted molar refractivity (Wildman–Crippen MR) is 116 cm³/mol. The Balaban J connectivity index is 1.58. The topological polar surface area (TPSA) is 9.23 Å². The smallest absolute Gasteiger partial charge is 0.305 e. The van der Waals surface area contributed by atoms with E-state index >= 15 is 0 Å². The summed E-state index contributed by atoms with van der Waals surface area (Å²) in [5.41, 5.74) is 2.23. The second-order valence-corrected chi connectivity index (χ2v) is 11.7. The average molecular weight is 437 g/mol. The minimum atomic E-state index is -2.16. The van der Waals surface area contributed by atoms with Crippen molar-refractivity contribution < 1.29 is 22.3 Å². The summed E-state index contributed by atoms with van der Waals surface area (Å²) in [6.45, 7) is 2.29. The summed E-state index contributed by atoms with van der Waals surface area (Å²) in [5, 5.41) is 0. The third-order valence-corrected chi connectivity index (χ3v) is 9.75. The fourth-order valence-corrected chi connectivity index (χ4v) is 7.96. The number of rotatable bonds is 8. The number of benzene rings is 2. The summed E-state index contributed by atoms with van der Waals surface area (Å²) >= 11 is 0. The first kappa shape index (κ1) is 22.6. The molecule has 1 nitrogen and oxygen atoms in total. The summed E-state index contributed by atoms with van der Waals surface area (Å²) in [7, 11) is -0.438. The van der Waals surface area contributed by atoms with Gasteiger partial charge in [0.1, 0.15) is 0 Å². The molecule has 0 atom stereocenters. The van der Waals surface area contributed by atoms with Gasteiger partial charge in [0.15, 0.2) is 23.6 Å². The maximum Gasteiger partial charge on any atom is 0.305 e. The SMILES string of the molecule is CCC[Si@H]1CC[C@H](CCc2ccc(-c3cc(F)c(OC=C(F)F)c(F)c3)cc2)CC1. The van der Waals surface area contributed by atoms with Gasteiger partial charge in [0.2, 0.25) is 0 Å². The van der Waals surface area contributed by atoms with Gasteiger partial charge in [0.05, 0.1) is 0 Å². The summed E-state index contributed by atoms with van der Waals surface area (Å²) < 4.78 is 56.8. The van der Waals surface area contributed by atoms with Crippen LogP contribution >= 0.6 is 0 Å². The van der Waals surface area contributed by atoms with Crippen LogP contribution in [0.25, 0.3) is 11.1 Å². The molecule has 0 aliphatic carbocycles. The van der Waals surface area contributed by atoms with Crippen LogP contribution in [-0.2, 0) is 6.42 Å². The largest absolute Gasteiger partial charge is 0.453 e. The molecule has 0 radical (unpaired) electrons. The summed E-state index contributed by atoms with van der Waals surface area (Å²) in [6, 6.07) is 14.3. The molecule has 0 saturated carbocycles. The average Bonchev–Trinajstić information content (AvgIpc) is 2.73. The van der Waals surface area contributed by atoms with Crippen LogP contribution in [0.4, 0.5) is 17.6 Å². The van der Waals surface area contributed by atoms with Crippen LogP contribution in [0.5, 0.6) is 5.75 Å². The second-order valence-electron chi connectivity index (χ2n) is 8.21. The van der Waals surface area contributed by atoms with Crippen LogP contribution in [0.15, 0.2) is 48.7 Å². The van der Waals surface area contributed by atoms with Gasteiger partial charge in [0.25, 0.3) is 0 Å². The normalized spacial score (nSPS) is 18.8. The van der Waals surface area contributed by atoms with Gasteiger partial charge in [-0.2, -0.15) is 8.78 Å².